The van der Waals surface area contributed by atoms with Crippen LogP contribution in [0.3, 0.4) is 0 Å². The Morgan fingerprint density at radius 2 is 2.00 bits per heavy atom. The van der Waals surface area contributed by atoms with Crippen LogP contribution in [0.5, 0.6) is 5.75 Å². The number of ether oxygens (including phenoxy) is 1. The zero-order valence-corrected chi connectivity index (χ0v) is 10.4. The topological polar surface area (TPSA) is 38.5 Å². The Hall–Kier alpha value is -1.06. The van der Waals surface area contributed by atoms with Gasteiger partial charge in [0.05, 0.1) is 7.11 Å². The second-order valence-corrected chi connectivity index (χ2v) is 3.75. The average Bonchev–Trinajstić information content (AvgIpc) is 2.35. The molecule has 0 heterocycles. The minimum Gasteiger partial charge on any atom is -0.497 e. The highest BCUT2D eigenvalue weighted by Crippen LogP contribution is 2.23. The molecular formula is C13H22N2O. The van der Waals surface area contributed by atoms with E-state index in [9.17, 15) is 0 Å². The summed E-state index contributed by atoms with van der Waals surface area (Å²) in [6, 6.07) is 8.43. The molecule has 1 aromatic carbocycles. The van der Waals surface area contributed by atoms with Gasteiger partial charge in [-0.15, -0.1) is 0 Å². The van der Waals surface area contributed by atoms with Crippen molar-refractivity contribution >= 4 is 0 Å². The summed E-state index contributed by atoms with van der Waals surface area (Å²) in [6.45, 7) is 6.97. The van der Waals surface area contributed by atoms with Crippen molar-refractivity contribution in [2.45, 2.75) is 19.9 Å². The van der Waals surface area contributed by atoms with Crippen LogP contribution in [-0.2, 0) is 0 Å². The summed E-state index contributed by atoms with van der Waals surface area (Å²) >= 11 is 0. The van der Waals surface area contributed by atoms with E-state index in [1.165, 1.54) is 5.56 Å². The summed E-state index contributed by atoms with van der Waals surface area (Å²) < 4.78 is 5.24. The van der Waals surface area contributed by atoms with Gasteiger partial charge in [-0.05, 0) is 30.8 Å². The van der Waals surface area contributed by atoms with Crippen LogP contribution >= 0.6 is 0 Å². The van der Waals surface area contributed by atoms with Gasteiger partial charge in [-0.3, -0.25) is 4.90 Å². The van der Waals surface area contributed by atoms with Gasteiger partial charge in [0.1, 0.15) is 5.75 Å². The summed E-state index contributed by atoms with van der Waals surface area (Å²) in [5.74, 6) is 0.892. The smallest absolute Gasteiger partial charge is 0.119 e. The van der Waals surface area contributed by atoms with Crippen LogP contribution < -0.4 is 10.5 Å². The first-order valence-corrected chi connectivity index (χ1v) is 5.84. The molecular weight excluding hydrogens is 200 g/mol. The lowest BCUT2D eigenvalue weighted by atomic mass is 10.0. The van der Waals surface area contributed by atoms with Gasteiger partial charge in [-0.1, -0.05) is 26.0 Å². The van der Waals surface area contributed by atoms with Crippen LogP contribution in [-0.4, -0.2) is 31.6 Å². The predicted molar refractivity (Wildman–Crippen MR) is 67.7 cm³/mol. The van der Waals surface area contributed by atoms with Gasteiger partial charge in [-0.25, -0.2) is 0 Å². The van der Waals surface area contributed by atoms with E-state index in [-0.39, 0.29) is 6.04 Å². The predicted octanol–water partition coefficient (Wildman–Crippen LogP) is 2.04. The van der Waals surface area contributed by atoms with Gasteiger partial charge >= 0.3 is 0 Å². The normalized spacial score (nSPS) is 12.8. The number of methoxy groups -OCH3 is 1. The Morgan fingerprint density at radius 1 is 1.31 bits per heavy atom. The van der Waals surface area contributed by atoms with Crippen molar-refractivity contribution in [2.24, 2.45) is 5.73 Å². The Morgan fingerprint density at radius 3 is 2.50 bits per heavy atom. The second kappa shape index (κ2) is 6.51. The van der Waals surface area contributed by atoms with Crippen molar-refractivity contribution in [3.05, 3.63) is 29.8 Å². The standard InChI is InChI=1S/C13H22N2O/c1-4-15(5-2)13(10-14)11-7-6-8-12(9-11)16-3/h6-9,13H,4-5,10,14H2,1-3H3. The molecule has 0 aliphatic heterocycles. The SMILES string of the molecule is CCN(CC)C(CN)c1cccc(OC)c1. The molecule has 3 nitrogen and oxygen atoms in total. The van der Waals surface area contributed by atoms with Crippen LogP contribution in [0.1, 0.15) is 25.5 Å². The molecule has 0 amide bonds. The lowest BCUT2D eigenvalue weighted by molar-refractivity contribution is 0.223. The van der Waals surface area contributed by atoms with E-state index in [1.54, 1.807) is 7.11 Å². The maximum atomic E-state index is 5.87. The Kier molecular flexibility index (Phi) is 5.29. The third-order valence-electron chi connectivity index (χ3n) is 2.95. The van der Waals surface area contributed by atoms with E-state index in [2.05, 4.69) is 30.9 Å². The summed E-state index contributed by atoms with van der Waals surface area (Å²) in [7, 11) is 1.69. The van der Waals surface area contributed by atoms with Crippen molar-refractivity contribution in [3.8, 4) is 5.75 Å². The monoisotopic (exact) mass is 222 g/mol. The molecule has 1 aromatic rings. The van der Waals surface area contributed by atoms with Gasteiger partial charge in [0.15, 0.2) is 0 Å². The fourth-order valence-electron chi connectivity index (χ4n) is 2.01. The molecule has 2 N–H and O–H groups in total. The van der Waals surface area contributed by atoms with Crippen molar-refractivity contribution in [1.82, 2.24) is 4.90 Å². The zero-order chi connectivity index (χ0) is 12.0. The number of rotatable bonds is 6. The number of nitrogens with zero attached hydrogens (tertiary/aromatic N) is 1. The zero-order valence-electron chi connectivity index (χ0n) is 10.4. The van der Waals surface area contributed by atoms with E-state index in [1.807, 2.05) is 12.1 Å². The molecule has 0 saturated carbocycles. The first-order chi connectivity index (χ1) is 7.76. The summed E-state index contributed by atoms with van der Waals surface area (Å²) in [5.41, 5.74) is 7.09. The van der Waals surface area contributed by atoms with Crippen LogP contribution in [0.25, 0.3) is 0 Å². The average molecular weight is 222 g/mol. The second-order valence-electron chi connectivity index (χ2n) is 3.75. The fourth-order valence-corrected chi connectivity index (χ4v) is 2.01. The minimum absolute atomic E-state index is 0.282. The van der Waals surface area contributed by atoms with Crippen LogP contribution in [0.15, 0.2) is 24.3 Å². The molecule has 1 rings (SSSR count). The van der Waals surface area contributed by atoms with Gasteiger partial charge in [-0.2, -0.15) is 0 Å². The molecule has 0 fully saturated rings. The van der Waals surface area contributed by atoms with Gasteiger partial charge in [0, 0.05) is 12.6 Å². The molecule has 1 unspecified atom stereocenters. The molecule has 90 valence electrons. The van der Waals surface area contributed by atoms with Crippen molar-refractivity contribution in [1.29, 1.82) is 0 Å². The molecule has 1 atom stereocenters. The fraction of sp³-hybridized carbons (Fsp3) is 0.538. The number of hydrogen-bond donors (Lipinski definition) is 1. The molecule has 3 heteroatoms. The highest BCUT2D eigenvalue weighted by Gasteiger charge is 2.16. The third-order valence-corrected chi connectivity index (χ3v) is 2.95. The minimum atomic E-state index is 0.282. The van der Waals surface area contributed by atoms with E-state index in [0.717, 1.165) is 18.8 Å². The van der Waals surface area contributed by atoms with E-state index in [0.29, 0.717) is 6.54 Å². The van der Waals surface area contributed by atoms with Crippen molar-refractivity contribution in [3.63, 3.8) is 0 Å². The lowest BCUT2D eigenvalue weighted by Gasteiger charge is -2.29. The number of hydrogen-bond acceptors (Lipinski definition) is 3. The summed E-state index contributed by atoms with van der Waals surface area (Å²) in [4.78, 5) is 2.36. The quantitative estimate of drug-likeness (QED) is 0.800. The first kappa shape index (κ1) is 13.0. The molecule has 0 aliphatic rings. The van der Waals surface area contributed by atoms with Crippen LogP contribution in [0.2, 0.25) is 0 Å². The largest absolute Gasteiger partial charge is 0.497 e. The molecule has 16 heavy (non-hydrogen) atoms. The number of benzene rings is 1. The molecule has 0 aromatic heterocycles. The highest BCUT2D eigenvalue weighted by atomic mass is 16.5. The Balaban J connectivity index is 2.93. The van der Waals surface area contributed by atoms with Crippen LogP contribution in [0.4, 0.5) is 0 Å². The van der Waals surface area contributed by atoms with E-state index < -0.39 is 0 Å². The van der Waals surface area contributed by atoms with E-state index in [4.69, 9.17) is 10.5 Å². The van der Waals surface area contributed by atoms with Gasteiger partial charge in [0.25, 0.3) is 0 Å². The molecule has 0 spiro atoms. The maximum absolute atomic E-state index is 5.87. The van der Waals surface area contributed by atoms with E-state index >= 15 is 0 Å². The lowest BCUT2D eigenvalue weighted by Crippen LogP contribution is -2.33. The number of likely N-dealkylation sites (N-methyl/N-ethyl adjacent to an activating group) is 1. The number of nitrogens with two attached hydrogens (primary N) is 1. The third kappa shape index (κ3) is 2.97. The van der Waals surface area contributed by atoms with Gasteiger partial charge in [0.2, 0.25) is 0 Å². The van der Waals surface area contributed by atoms with Gasteiger partial charge < -0.3 is 10.5 Å². The Bertz CT molecular complexity index is 311. The molecule has 0 radical (unpaired) electrons. The summed E-state index contributed by atoms with van der Waals surface area (Å²) in [5, 5.41) is 0. The highest BCUT2D eigenvalue weighted by molar-refractivity contribution is 5.30. The first-order valence-electron chi connectivity index (χ1n) is 5.84. The molecule has 0 saturated heterocycles. The van der Waals surface area contributed by atoms with Crippen molar-refractivity contribution in [2.75, 3.05) is 26.7 Å². The van der Waals surface area contributed by atoms with Crippen LogP contribution in [0, 0.1) is 0 Å². The molecule has 0 aliphatic carbocycles. The maximum Gasteiger partial charge on any atom is 0.119 e. The Labute approximate surface area is 98.2 Å². The summed E-state index contributed by atoms with van der Waals surface area (Å²) in [6.07, 6.45) is 0. The molecule has 0 bridgehead atoms. The van der Waals surface area contributed by atoms with Crippen molar-refractivity contribution < 1.29 is 4.74 Å².